The van der Waals surface area contributed by atoms with Gasteiger partial charge in [0, 0.05) is 0 Å². The number of hydrogen-bond donors (Lipinski definition) is 3. The van der Waals surface area contributed by atoms with Crippen molar-refractivity contribution in [3.8, 4) is 5.75 Å². The lowest BCUT2D eigenvalue weighted by Gasteiger charge is -2.11. The second-order valence-corrected chi connectivity index (χ2v) is 5.01. The lowest BCUT2D eigenvalue weighted by molar-refractivity contribution is -0.137. The summed E-state index contributed by atoms with van der Waals surface area (Å²) in [6.45, 7) is 1.76. The Bertz CT molecular complexity index is 557. The lowest BCUT2D eigenvalue weighted by atomic mass is 10.0. The van der Waals surface area contributed by atoms with Gasteiger partial charge in [-0.1, -0.05) is 19.9 Å². The van der Waals surface area contributed by atoms with Crippen LogP contribution in [0.1, 0.15) is 35.7 Å². The van der Waals surface area contributed by atoms with E-state index in [1.165, 1.54) is 12.1 Å². The topological polar surface area (TPSA) is 78.4 Å². The van der Waals surface area contributed by atoms with Crippen LogP contribution in [0, 0.1) is 0 Å². The molecule has 1 rings (SSSR count). The Morgan fingerprint density at radius 1 is 1.23 bits per heavy atom. The minimum atomic E-state index is -4.51. The van der Waals surface area contributed by atoms with Crippen molar-refractivity contribution in [1.82, 2.24) is 10.6 Å². The molecular weight excluding hydrogens is 301 g/mol. The molecule has 22 heavy (non-hydrogen) atoms. The largest absolute Gasteiger partial charge is 0.507 e. The zero-order chi connectivity index (χ0) is 16.9. The van der Waals surface area contributed by atoms with Crippen LogP contribution in [0.25, 0.3) is 0 Å². The summed E-state index contributed by atoms with van der Waals surface area (Å²) in [6.07, 6.45) is -4.51. The summed E-state index contributed by atoms with van der Waals surface area (Å²) in [5, 5.41) is 13.5. The van der Waals surface area contributed by atoms with Crippen LogP contribution in [0.5, 0.6) is 5.75 Å². The first-order valence-corrected chi connectivity index (χ1v) is 6.54. The predicted molar refractivity (Wildman–Crippen MR) is 73.6 cm³/mol. The number of rotatable bonds is 5. The van der Waals surface area contributed by atoms with Gasteiger partial charge in [0.2, 0.25) is 5.91 Å². The van der Waals surface area contributed by atoms with Gasteiger partial charge in [-0.05, 0) is 23.6 Å². The smallest absolute Gasteiger partial charge is 0.405 e. The van der Waals surface area contributed by atoms with Crippen molar-refractivity contribution in [2.45, 2.75) is 25.9 Å². The average Bonchev–Trinajstić information content (AvgIpc) is 2.41. The van der Waals surface area contributed by atoms with Crippen molar-refractivity contribution in [2.75, 3.05) is 13.1 Å². The number of halogens is 3. The quantitative estimate of drug-likeness (QED) is 0.776. The summed E-state index contributed by atoms with van der Waals surface area (Å²) in [7, 11) is 0. The maximum atomic E-state index is 11.9. The molecule has 0 bridgehead atoms. The zero-order valence-electron chi connectivity index (χ0n) is 12.1. The van der Waals surface area contributed by atoms with Crippen LogP contribution >= 0.6 is 0 Å². The van der Waals surface area contributed by atoms with Crippen LogP contribution < -0.4 is 10.6 Å². The molecule has 0 aliphatic heterocycles. The number of nitrogens with one attached hydrogen (secondary N) is 2. The predicted octanol–water partition coefficient (Wildman–Crippen LogP) is 1.92. The van der Waals surface area contributed by atoms with Gasteiger partial charge in [-0.3, -0.25) is 9.59 Å². The average molecular weight is 318 g/mol. The van der Waals surface area contributed by atoms with Crippen molar-refractivity contribution in [3.63, 3.8) is 0 Å². The van der Waals surface area contributed by atoms with Gasteiger partial charge in [0.25, 0.3) is 5.91 Å². The molecule has 0 saturated carbocycles. The van der Waals surface area contributed by atoms with Crippen molar-refractivity contribution < 1.29 is 27.9 Å². The first-order valence-electron chi connectivity index (χ1n) is 6.54. The second-order valence-electron chi connectivity index (χ2n) is 5.01. The fraction of sp³-hybridized carbons (Fsp3) is 0.429. The van der Waals surface area contributed by atoms with Gasteiger partial charge in [0.1, 0.15) is 12.3 Å². The Hall–Kier alpha value is -2.25. The molecule has 122 valence electrons. The Morgan fingerprint density at radius 3 is 2.36 bits per heavy atom. The van der Waals surface area contributed by atoms with Crippen LogP contribution in [-0.4, -0.2) is 36.2 Å². The normalized spacial score (nSPS) is 11.4. The van der Waals surface area contributed by atoms with Crippen molar-refractivity contribution in [2.24, 2.45) is 0 Å². The van der Waals surface area contributed by atoms with Crippen LogP contribution in [0.2, 0.25) is 0 Å². The number of amides is 2. The first-order chi connectivity index (χ1) is 10.1. The Balaban J connectivity index is 2.57. The van der Waals surface area contributed by atoms with Crippen LogP contribution in [-0.2, 0) is 4.79 Å². The van der Waals surface area contributed by atoms with Crippen LogP contribution in [0.15, 0.2) is 18.2 Å². The summed E-state index contributed by atoms with van der Waals surface area (Å²) >= 11 is 0. The zero-order valence-corrected chi connectivity index (χ0v) is 12.1. The van der Waals surface area contributed by atoms with Gasteiger partial charge in [-0.15, -0.1) is 0 Å². The van der Waals surface area contributed by atoms with Crippen molar-refractivity contribution in [1.29, 1.82) is 0 Å². The molecule has 0 spiro atoms. The van der Waals surface area contributed by atoms with Gasteiger partial charge in [0.05, 0.1) is 12.1 Å². The van der Waals surface area contributed by atoms with E-state index in [4.69, 9.17) is 0 Å². The van der Waals surface area contributed by atoms with E-state index in [0.29, 0.717) is 0 Å². The van der Waals surface area contributed by atoms with E-state index in [2.05, 4.69) is 5.32 Å². The van der Waals surface area contributed by atoms with Gasteiger partial charge in [-0.25, -0.2) is 0 Å². The van der Waals surface area contributed by atoms with E-state index in [0.717, 1.165) is 5.56 Å². The SMILES string of the molecule is CC(C)c1ccc(C(=O)NCC(=O)NCC(F)(F)F)c(O)c1. The van der Waals surface area contributed by atoms with Crippen LogP contribution in [0.4, 0.5) is 13.2 Å². The Morgan fingerprint density at radius 2 is 1.86 bits per heavy atom. The summed E-state index contributed by atoms with van der Waals surface area (Å²) in [5.41, 5.74) is 0.782. The third kappa shape index (κ3) is 5.63. The van der Waals surface area contributed by atoms with E-state index in [-0.39, 0.29) is 17.2 Å². The summed E-state index contributed by atoms with van der Waals surface area (Å²) in [6, 6.07) is 4.49. The molecule has 0 atom stereocenters. The third-order valence-corrected chi connectivity index (χ3v) is 2.83. The Kier molecular flexibility index (Phi) is 5.78. The lowest BCUT2D eigenvalue weighted by Crippen LogP contribution is -2.40. The van der Waals surface area contributed by atoms with E-state index in [9.17, 15) is 27.9 Å². The summed E-state index contributed by atoms with van der Waals surface area (Å²) in [5.74, 6) is -1.80. The molecule has 1 aromatic rings. The highest BCUT2D eigenvalue weighted by Gasteiger charge is 2.27. The molecule has 1 aromatic carbocycles. The number of benzene rings is 1. The molecule has 0 aromatic heterocycles. The third-order valence-electron chi connectivity index (χ3n) is 2.83. The van der Waals surface area contributed by atoms with Gasteiger partial charge >= 0.3 is 6.18 Å². The molecule has 8 heteroatoms. The van der Waals surface area contributed by atoms with Crippen molar-refractivity contribution in [3.05, 3.63) is 29.3 Å². The van der Waals surface area contributed by atoms with E-state index < -0.39 is 31.1 Å². The Labute approximate surface area is 125 Å². The number of carbonyl (C=O) groups is 2. The van der Waals surface area contributed by atoms with Gasteiger partial charge in [-0.2, -0.15) is 13.2 Å². The fourth-order valence-corrected chi connectivity index (χ4v) is 1.62. The molecule has 0 aliphatic rings. The van der Waals surface area contributed by atoms with Gasteiger partial charge < -0.3 is 15.7 Å². The number of phenols is 1. The maximum Gasteiger partial charge on any atom is 0.405 e. The highest BCUT2D eigenvalue weighted by Crippen LogP contribution is 2.23. The number of alkyl halides is 3. The van der Waals surface area contributed by atoms with Gasteiger partial charge in [0.15, 0.2) is 0 Å². The van der Waals surface area contributed by atoms with Crippen LogP contribution in [0.3, 0.4) is 0 Å². The first kappa shape index (κ1) is 17.8. The number of aromatic hydroxyl groups is 1. The fourth-order valence-electron chi connectivity index (χ4n) is 1.62. The minimum Gasteiger partial charge on any atom is -0.507 e. The van der Waals surface area contributed by atoms with E-state index in [1.54, 1.807) is 11.4 Å². The van der Waals surface area contributed by atoms with E-state index >= 15 is 0 Å². The minimum absolute atomic E-state index is 0.0481. The number of carbonyl (C=O) groups excluding carboxylic acids is 2. The molecule has 2 amide bonds. The summed E-state index contributed by atoms with van der Waals surface area (Å²) < 4.78 is 35.7. The molecular formula is C14H17F3N2O3. The van der Waals surface area contributed by atoms with E-state index in [1.807, 2.05) is 13.8 Å². The molecule has 5 nitrogen and oxygen atoms in total. The molecule has 0 aliphatic carbocycles. The molecule has 0 unspecified atom stereocenters. The molecule has 3 N–H and O–H groups in total. The highest BCUT2D eigenvalue weighted by molar-refractivity contribution is 5.98. The number of hydrogen-bond acceptors (Lipinski definition) is 3. The second kappa shape index (κ2) is 7.15. The standard InChI is InChI=1S/C14H17F3N2O3/c1-8(2)9-3-4-10(11(20)5-9)13(22)18-6-12(21)19-7-14(15,16)17/h3-5,8,20H,6-7H2,1-2H3,(H,18,22)(H,19,21). The summed E-state index contributed by atoms with van der Waals surface area (Å²) in [4.78, 5) is 22.9. The highest BCUT2D eigenvalue weighted by atomic mass is 19.4. The number of phenolic OH excluding ortho intramolecular Hbond substituents is 1. The van der Waals surface area contributed by atoms with Crippen molar-refractivity contribution >= 4 is 11.8 Å². The maximum absolute atomic E-state index is 11.9. The monoisotopic (exact) mass is 318 g/mol. The molecule has 0 fully saturated rings. The molecule has 0 saturated heterocycles. The molecule has 0 radical (unpaired) electrons. The molecule has 0 heterocycles.